The maximum absolute atomic E-state index is 11.8. The summed E-state index contributed by atoms with van der Waals surface area (Å²) in [5, 5.41) is 0. The van der Waals surface area contributed by atoms with Crippen LogP contribution in [-0.4, -0.2) is 23.9 Å². The number of carbonyl (C=O) groups is 1. The molecule has 0 saturated heterocycles. The molecule has 0 spiro atoms. The molecule has 0 unspecified atom stereocenters. The quantitative estimate of drug-likeness (QED) is 0.743. The van der Waals surface area contributed by atoms with Crippen molar-refractivity contribution in [3.63, 3.8) is 0 Å². The molecule has 0 bridgehead atoms. The smallest absolute Gasteiger partial charge is 0.239 e. The first-order chi connectivity index (χ1) is 9.20. The van der Waals surface area contributed by atoms with E-state index in [9.17, 15) is 4.79 Å². The Bertz CT molecular complexity index is 356. The number of hydrogen-bond acceptors (Lipinski definition) is 2. The van der Waals surface area contributed by atoms with Gasteiger partial charge in [0.05, 0.1) is 0 Å². The van der Waals surface area contributed by atoms with Gasteiger partial charge in [-0.1, -0.05) is 57.0 Å². The van der Waals surface area contributed by atoms with Crippen molar-refractivity contribution < 1.29 is 4.79 Å². The predicted molar refractivity (Wildman–Crippen MR) is 79.8 cm³/mol. The molecule has 0 aromatic heterocycles. The van der Waals surface area contributed by atoms with Crippen LogP contribution in [0.2, 0.25) is 0 Å². The van der Waals surface area contributed by atoms with Crippen molar-refractivity contribution in [2.75, 3.05) is 13.1 Å². The van der Waals surface area contributed by atoms with E-state index in [0.717, 1.165) is 44.3 Å². The summed E-state index contributed by atoms with van der Waals surface area (Å²) in [4.78, 5) is 14.1. The van der Waals surface area contributed by atoms with Crippen LogP contribution < -0.4 is 5.73 Å². The number of primary amides is 1. The van der Waals surface area contributed by atoms with Gasteiger partial charge >= 0.3 is 0 Å². The highest BCUT2D eigenvalue weighted by Gasteiger charge is 2.24. The maximum Gasteiger partial charge on any atom is 0.239 e. The lowest BCUT2D eigenvalue weighted by Crippen LogP contribution is -2.39. The van der Waals surface area contributed by atoms with E-state index in [4.69, 9.17) is 5.73 Å². The third-order valence-electron chi connectivity index (χ3n) is 3.35. The van der Waals surface area contributed by atoms with Crippen molar-refractivity contribution >= 4 is 5.91 Å². The van der Waals surface area contributed by atoms with Crippen LogP contribution in [0.1, 0.15) is 51.1 Å². The summed E-state index contributed by atoms with van der Waals surface area (Å²) in [7, 11) is 0. The molecule has 1 atom stereocenters. The van der Waals surface area contributed by atoms with Gasteiger partial charge in [-0.15, -0.1) is 0 Å². The van der Waals surface area contributed by atoms with Crippen molar-refractivity contribution in [2.45, 2.75) is 45.6 Å². The summed E-state index contributed by atoms with van der Waals surface area (Å²) in [5.41, 5.74) is 6.63. The number of rotatable bonds is 9. The van der Waals surface area contributed by atoms with Gasteiger partial charge in [-0.25, -0.2) is 0 Å². The minimum atomic E-state index is -0.292. The molecule has 1 amide bonds. The molecule has 0 aliphatic rings. The zero-order chi connectivity index (χ0) is 14.1. The van der Waals surface area contributed by atoms with Crippen molar-refractivity contribution in [3.8, 4) is 0 Å². The van der Waals surface area contributed by atoms with Crippen LogP contribution in [0.25, 0.3) is 0 Å². The van der Waals surface area contributed by atoms with Crippen LogP contribution in [0, 0.1) is 0 Å². The number of nitrogens with zero attached hydrogens (tertiary/aromatic N) is 1. The number of nitrogens with two attached hydrogens (primary N) is 1. The van der Waals surface area contributed by atoms with Crippen LogP contribution in [-0.2, 0) is 4.79 Å². The van der Waals surface area contributed by atoms with E-state index in [0.29, 0.717) is 0 Å². The SMILES string of the molecule is CCCCN(CCCC)[C@@H](C(N)=O)c1ccccc1. The largest absolute Gasteiger partial charge is 0.368 e. The van der Waals surface area contributed by atoms with Crippen LogP contribution in [0.15, 0.2) is 30.3 Å². The minimum Gasteiger partial charge on any atom is -0.368 e. The van der Waals surface area contributed by atoms with Crippen molar-refractivity contribution in [3.05, 3.63) is 35.9 Å². The van der Waals surface area contributed by atoms with Gasteiger partial charge in [-0.2, -0.15) is 0 Å². The highest BCUT2D eigenvalue weighted by Crippen LogP contribution is 2.21. The summed E-state index contributed by atoms with van der Waals surface area (Å²) in [6.07, 6.45) is 4.45. The van der Waals surface area contributed by atoms with Gasteiger partial charge in [0, 0.05) is 0 Å². The predicted octanol–water partition coefficient (Wildman–Crippen LogP) is 3.12. The molecule has 106 valence electrons. The fourth-order valence-electron chi connectivity index (χ4n) is 2.28. The van der Waals surface area contributed by atoms with Gasteiger partial charge in [0.1, 0.15) is 6.04 Å². The molecule has 19 heavy (non-hydrogen) atoms. The topological polar surface area (TPSA) is 46.3 Å². The summed E-state index contributed by atoms with van der Waals surface area (Å²) < 4.78 is 0. The summed E-state index contributed by atoms with van der Waals surface area (Å²) in [5.74, 6) is -0.251. The Balaban J connectivity index is 2.88. The van der Waals surface area contributed by atoms with Gasteiger partial charge in [0.15, 0.2) is 0 Å². The lowest BCUT2D eigenvalue weighted by atomic mass is 10.0. The van der Waals surface area contributed by atoms with Gasteiger partial charge in [0.2, 0.25) is 5.91 Å². The van der Waals surface area contributed by atoms with E-state index in [-0.39, 0.29) is 11.9 Å². The Labute approximate surface area is 116 Å². The van der Waals surface area contributed by atoms with Crippen LogP contribution in [0.3, 0.4) is 0 Å². The number of unbranched alkanes of at least 4 members (excludes halogenated alkanes) is 2. The van der Waals surface area contributed by atoms with Crippen LogP contribution in [0.5, 0.6) is 0 Å². The summed E-state index contributed by atoms with van der Waals surface area (Å²) in [6.45, 7) is 6.19. The molecule has 0 radical (unpaired) electrons. The Kier molecular flexibility index (Phi) is 7.19. The molecular formula is C16H26N2O. The monoisotopic (exact) mass is 262 g/mol. The first kappa shape index (κ1) is 15.7. The zero-order valence-electron chi connectivity index (χ0n) is 12.1. The number of carbonyl (C=O) groups excluding carboxylic acids is 1. The molecule has 1 aromatic rings. The lowest BCUT2D eigenvalue weighted by Gasteiger charge is -2.29. The molecule has 0 aliphatic carbocycles. The number of benzene rings is 1. The van der Waals surface area contributed by atoms with E-state index in [1.165, 1.54) is 0 Å². The second kappa shape index (κ2) is 8.70. The molecule has 0 aliphatic heterocycles. The molecule has 1 rings (SSSR count). The van der Waals surface area contributed by atoms with Crippen molar-refractivity contribution in [2.24, 2.45) is 5.73 Å². The number of amides is 1. The maximum atomic E-state index is 11.8. The van der Waals surface area contributed by atoms with E-state index < -0.39 is 0 Å². The van der Waals surface area contributed by atoms with E-state index in [1.807, 2.05) is 30.3 Å². The van der Waals surface area contributed by atoms with E-state index in [2.05, 4.69) is 18.7 Å². The molecule has 3 nitrogen and oxygen atoms in total. The Hall–Kier alpha value is -1.35. The Morgan fingerprint density at radius 3 is 2.05 bits per heavy atom. The second-order valence-electron chi connectivity index (χ2n) is 4.96. The fourth-order valence-corrected chi connectivity index (χ4v) is 2.28. The molecular weight excluding hydrogens is 236 g/mol. The fraction of sp³-hybridized carbons (Fsp3) is 0.562. The van der Waals surface area contributed by atoms with E-state index >= 15 is 0 Å². The second-order valence-corrected chi connectivity index (χ2v) is 4.96. The Morgan fingerprint density at radius 2 is 1.63 bits per heavy atom. The third-order valence-corrected chi connectivity index (χ3v) is 3.35. The average Bonchev–Trinajstić information content (AvgIpc) is 2.42. The third kappa shape index (κ3) is 5.03. The van der Waals surface area contributed by atoms with Gasteiger partial charge in [-0.05, 0) is 31.5 Å². The zero-order valence-corrected chi connectivity index (χ0v) is 12.1. The molecule has 1 aromatic carbocycles. The Morgan fingerprint density at radius 1 is 1.11 bits per heavy atom. The molecule has 0 fully saturated rings. The normalized spacial score (nSPS) is 12.6. The van der Waals surface area contributed by atoms with Gasteiger partial charge < -0.3 is 5.73 Å². The van der Waals surface area contributed by atoms with Crippen LogP contribution in [0.4, 0.5) is 0 Å². The van der Waals surface area contributed by atoms with Crippen molar-refractivity contribution in [1.82, 2.24) is 4.90 Å². The van der Waals surface area contributed by atoms with Gasteiger partial charge in [-0.3, -0.25) is 9.69 Å². The van der Waals surface area contributed by atoms with Crippen LogP contribution >= 0.6 is 0 Å². The summed E-state index contributed by atoms with van der Waals surface area (Å²) in [6, 6.07) is 9.57. The number of hydrogen-bond donors (Lipinski definition) is 1. The lowest BCUT2D eigenvalue weighted by molar-refractivity contribution is -0.123. The standard InChI is InChI=1S/C16H26N2O/c1-3-5-12-18(13-6-4-2)15(16(17)19)14-10-8-7-9-11-14/h7-11,15H,3-6,12-13H2,1-2H3,(H2,17,19)/t15-/m1/s1. The average molecular weight is 262 g/mol. The molecule has 2 N–H and O–H groups in total. The molecule has 0 saturated carbocycles. The molecule has 0 heterocycles. The minimum absolute atomic E-state index is 0.251. The summed E-state index contributed by atoms with van der Waals surface area (Å²) >= 11 is 0. The highest BCUT2D eigenvalue weighted by molar-refractivity contribution is 5.81. The highest BCUT2D eigenvalue weighted by atomic mass is 16.1. The van der Waals surface area contributed by atoms with E-state index in [1.54, 1.807) is 0 Å². The first-order valence-electron chi connectivity index (χ1n) is 7.29. The molecule has 3 heteroatoms. The van der Waals surface area contributed by atoms with Gasteiger partial charge in [0.25, 0.3) is 0 Å². The first-order valence-corrected chi connectivity index (χ1v) is 7.29. The van der Waals surface area contributed by atoms with Crippen molar-refractivity contribution in [1.29, 1.82) is 0 Å².